The highest BCUT2D eigenvalue weighted by Crippen LogP contribution is 2.28. The Kier molecular flexibility index (Phi) is 12.9. The van der Waals surface area contributed by atoms with Gasteiger partial charge in [0, 0.05) is 0 Å². The van der Waals surface area contributed by atoms with Crippen molar-refractivity contribution in [1.82, 2.24) is 0 Å². The summed E-state index contributed by atoms with van der Waals surface area (Å²) < 4.78 is 0. The fourth-order valence-corrected chi connectivity index (χ4v) is 3.50. The van der Waals surface area contributed by atoms with E-state index in [1.165, 1.54) is 89.0 Å². The van der Waals surface area contributed by atoms with Crippen LogP contribution in [-0.2, 0) is 6.42 Å². The zero-order chi connectivity index (χ0) is 17.5. The third-order valence-corrected chi connectivity index (χ3v) is 5.43. The second-order valence-corrected chi connectivity index (χ2v) is 7.56. The molecule has 0 N–H and O–H groups in total. The van der Waals surface area contributed by atoms with Gasteiger partial charge in [0.2, 0.25) is 0 Å². The van der Waals surface area contributed by atoms with Crippen molar-refractivity contribution in [2.45, 2.75) is 104 Å². The lowest BCUT2D eigenvalue weighted by atomic mass is 9.82. The minimum Gasteiger partial charge on any atom is -0.0654 e. The van der Waals surface area contributed by atoms with Crippen molar-refractivity contribution in [3.8, 4) is 0 Å². The van der Waals surface area contributed by atoms with Gasteiger partial charge in [-0.05, 0) is 30.2 Å². The smallest absolute Gasteiger partial charge is 0.0169 e. The van der Waals surface area contributed by atoms with Gasteiger partial charge in [0.15, 0.2) is 0 Å². The predicted molar refractivity (Wildman–Crippen MR) is 109 cm³/mol. The van der Waals surface area contributed by atoms with Gasteiger partial charge in [-0.25, -0.2) is 0 Å². The van der Waals surface area contributed by atoms with Gasteiger partial charge in [-0.15, -0.1) is 0 Å². The molecular formula is C24H41. The van der Waals surface area contributed by atoms with E-state index >= 15 is 0 Å². The van der Waals surface area contributed by atoms with Crippen LogP contribution in [0.15, 0.2) is 30.3 Å². The topological polar surface area (TPSA) is 0 Å². The van der Waals surface area contributed by atoms with E-state index in [9.17, 15) is 0 Å². The molecule has 1 aromatic carbocycles. The Bertz CT molecular complexity index is 367. The lowest BCUT2D eigenvalue weighted by Gasteiger charge is -2.22. The van der Waals surface area contributed by atoms with Crippen molar-refractivity contribution in [2.75, 3.05) is 0 Å². The molecule has 1 rings (SSSR count). The SMILES string of the molecule is CCCCCCCCCCCC[C](Cc1ccccc1)C(C)CC. The van der Waals surface area contributed by atoms with E-state index in [0.717, 1.165) is 5.92 Å². The number of hydrogen-bond acceptors (Lipinski definition) is 0. The second-order valence-electron chi connectivity index (χ2n) is 7.56. The second kappa shape index (κ2) is 14.6. The molecule has 0 aliphatic carbocycles. The molecule has 0 aliphatic heterocycles. The lowest BCUT2D eigenvalue weighted by Crippen LogP contribution is -2.12. The minimum absolute atomic E-state index is 0.767. The molecule has 24 heavy (non-hydrogen) atoms. The first-order chi connectivity index (χ1) is 11.8. The van der Waals surface area contributed by atoms with E-state index in [1.807, 2.05) is 0 Å². The number of benzene rings is 1. The number of unbranched alkanes of at least 4 members (excludes halogenated alkanes) is 9. The molecule has 0 bridgehead atoms. The van der Waals surface area contributed by atoms with Crippen LogP contribution in [0.4, 0.5) is 0 Å². The van der Waals surface area contributed by atoms with Gasteiger partial charge in [-0.1, -0.05) is 122 Å². The standard InChI is InChI=1S/C24H41/c1-4-6-7-8-9-10-11-12-13-17-20-24(22(3)5-2)21-23-18-15-14-16-19-23/h14-16,18-19,22H,4-13,17,20-21H2,1-3H3. The van der Waals surface area contributed by atoms with Crippen LogP contribution in [0.25, 0.3) is 0 Å². The summed E-state index contributed by atoms with van der Waals surface area (Å²) in [5, 5.41) is 0. The number of rotatable bonds is 15. The minimum atomic E-state index is 0.767. The fourth-order valence-electron chi connectivity index (χ4n) is 3.50. The average Bonchev–Trinajstić information content (AvgIpc) is 2.62. The summed E-state index contributed by atoms with van der Waals surface area (Å²) in [5.41, 5.74) is 1.49. The van der Waals surface area contributed by atoms with Gasteiger partial charge in [-0.2, -0.15) is 0 Å². The van der Waals surface area contributed by atoms with E-state index in [2.05, 4.69) is 51.1 Å². The average molecular weight is 330 g/mol. The van der Waals surface area contributed by atoms with Crippen LogP contribution in [-0.4, -0.2) is 0 Å². The van der Waals surface area contributed by atoms with Crippen LogP contribution in [0.1, 0.15) is 103 Å². The molecular weight excluding hydrogens is 288 g/mol. The van der Waals surface area contributed by atoms with Crippen molar-refractivity contribution in [1.29, 1.82) is 0 Å². The maximum Gasteiger partial charge on any atom is -0.0169 e. The zero-order valence-corrected chi connectivity index (χ0v) is 16.7. The summed E-state index contributed by atoms with van der Waals surface area (Å²) >= 11 is 0. The molecule has 0 heterocycles. The Labute approximate surface area is 152 Å². The van der Waals surface area contributed by atoms with Crippen LogP contribution in [0.3, 0.4) is 0 Å². The van der Waals surface area contributed by atoms with E-state index in [0.29, 0.717) is 0 Å². The third-order valence-electron chi connectivity index (χ3n) is 5.43. The van der Waals surface area contributed by atoms with Crippen LogP contribution < -0.4 is 0 Å². The van der Waals surface area contributed by atoms with Gasteiger partial charge < -0.3 is 0 Å². The summed E-state index contributed by atoms with van der Waals surface area (Å²) in [6.45, 7) is 7.03. The molecule has 0 saturated carbocycles. The van der Waals surface area contributed by atoms with Gasteiger partial charge in [0.1, 0.15) is 0 Å². The molecule has 1 aromatic rings. The van der Waals surface area contributed by atoms with Crippen molar-refractivity contribution in [3.63, 3.8) is 0 Å². The van der Waals surface area contributed by atoms with Crippen LogP contribution in [0, 0.1) is 11.8 Å². The quantitative estimate of drug-likeness (QED) is 0.285. The normalized spacial score (nSPS) is 12.7. The first-order valence-electron chi connectivity index (χ1n) is 10.7. The monoisotopic (exact) mass is 329 g/mol. The molecule has 0 aromatic heterocycles. The Morgan fingerprint density at radius 3 is 1.83 bits per heavy atom. The molecule has 0 spiro atoms. The van der Waals surface area contributed by atoms with Gasteiger partial charge in [0.05, 0.1) is 0 Å². The molecule has 137 valence electrons. The van der Waals surface area contributed by atoms with E-state index in [1.54, 1.807) is 5.92 Å². The van der Waals surface area contributed by atoms with Crippen LogP contribution >= 0.6 is 0 Å². The summed E-state index contributed by atoms with van der Waals surface area (Å²) in [5.74, 6) is 2.53. The van der Waals surface area contributed by atoms with Gasteiger partial charge in [0.25, 0.3) is 0 Å². The Morgan fingerprint density at radius 1 is 0.750 bits per heavy atom. The Hall–Kier alpha value is -0.780. The summed E-state index contributed by atoms with van der Waals surface area (Å²) in [4.78, 5) is 0. The summed E-state index contributed by atoms with van der Waals surface area (Å²) in [6, 6.07) is 11.0. The Morgan fingerprint density at radius 2 is 1.29 bits per heavy atom. The van der Waals surface area contributed by atoms with E-state index < -0.39 is 0 Å². The molecule has 0 aliphatic rings. The molecule has 0 fully saturated rings. The number of hydrogen-bond donors (Lipinski definition) is 0. The first kappa shape index (κ1) is 21.3. The van der Waals surface area contributed by atoms with Gasteiger partial charge in [-0.3, -0.25) is 0 Å². The molecule has 1 atom stereocenters. The molecule has 0 heteroatoms. The van der Waals surface area contributed by atoms with Crippen molar-refractivity contribution < 1.29 is 0 Å². The summed E-state index contributed by atoms with van der Waals surface area (Å²) in [7, 11) is 0. The molecule has 0 amide bonds. The van der Waals surface area contributed by atoms with Gasteiger partial charge >= 0.3 is 0 Å². The fraction of sp³-hybridized carbons (Fsp3) is 0.708. The first-order valence-corrected chi connectivity index (χ1v) is 10.7. The predicted octanol–water partition coefficient (Wildman–Crippen LogP) is 8.16. The molecule has 1 unspecified atom stereocenters. The Balaban J connectivity index is 2.12. The van der Waals surface area contributed by atoms with Crippen molar-refractivity contribution in [3.05, 3.63) is 41.8 Å². The highest BCUT2D eigenvalue weighted by atomic mass is 14.2. The lowest BCUT2D eigenvalue weighted by molar-refractivity contribution is 0.488. The molecule has 0 saturated heterocycles. The largest absolute Gasteiger partial charge is 0.0654 e. The highest BCUT2D eigenvalue weighted by Gasteiger charge is 2.16. The molecule has 0 nitrogen and oxygen atoms in total. The third kappa shape index (κ3) is 10.2. The van der Waals surface area contributed by atoms with Crippen molar-refractivity contribution >= 4 is 0 Å². The van der Waals surface area contributed by atoms with E-state index in [4.69, 9.17) is 0 Å². The zero-order valence-electron chi connectivity index (χ0n) is 16.7. The highest BCUT2D eigenvalue weighted by molar-refractivity contribution is 5.19. The van der Waals surface area contributed by atoms with Crippen molar-refractivity contribution in [2.24, 2.45) is 5.92 Å². The summed E-state index contributed by atoms with van der Waals surface area (Å²) in [6.07, 6.45) is 18.1. The van der Waals surface area contributed by atoms with Crippen LogP contribution in [0.5, 0.6) is 0 Å². The maximum absolute atomic E-state index is 2.41. The van der Waals surface area contributed by atoms with Crippen LogP contribution in [0.2, 0.25) is 0 Å². The van der Waals surface area contributed by atoms with E-state index in [-0.39, 0.29) is 0 Å². The molecule has 1 radical (unpaired) electrons. The maximum atomic E-state index is 2.41.